The summed E-state index contributed by atoms with van der Waals surface area (Å²) in [7, 11) is 0. The summed E-state index contributed by atoms with van der Waals surface area (Å²) in [5.41, 5.74) is 0. The number of tetrazole rings is 1. The van der Waals surface area contributed by atoms with Crippen LogP contribution in [0.25, 0.3) is 0 Å². The van der Waals surface area contributed by atoms with Gasteiger partial charge in [-0.25, -0.2) is 5.10 Å². The van der Waals surface area contributed by atoms with E-state index in [9.17, 15) is 0 Å². The summed E-state index contributed by atoms with van der Waals surface area (Å²) in [5, 5.41) is 14.4. The third-order valence-electron chi connectivity index (χ3n) is 2.06. The molecule has 5 heteroatoms. The molecular weight excluding hydrogens is 196 g/mol. The van der Waals surface area contributed by atoms with Crippen molar-refractivity contribution in [3.63, 3.8) is 0 Å². The van der Waals surface area contributed by atoms with Crippen LogP contribution in [0.1, 0.15) is 45.4 Å². The second-order valence-electron chi connectivity index (χ2n) is 3.32. The minimum atomic E-state index is 0.832. The van der Waals surface area contributed by atoms with Gasteiger partial charge in [-0.05, 0) is 16.8 Å². The Kier molecular flexibility index (Phi) is 6.40. The molecule has 1 rings (SSSR count). The lowest BCUT2D eigenvalue weighted by atomic mass is 10.1. The van der Waals surface area contributed by atoms with Crippen LogP contribution in [0, 0.1) is 0 Å². The summed E-state index contributed by atoms with van der Waals surface area (Å²) in [6.07, 6.45) is 8.02. The first-order chi connectivity index (χ1) is 6.93. The molecule has 0 unspecified atom stereocenters. The van der Waals surface area contributed by atoms with Crippen LogP contribution in [0.15, 0.2) is 5.16 Å². The predicted molar refractivity (Wildman–Crippen MR) is 58.3 cm³/mol. The van der Waals surface area contributed by atoms with Gasteiger partial charge >= 0.3 is 0 Å². The molecule has 0 aliphatic heterocycles. The average molecular weight is 214 g/mol. The van der Waals surface area contributed by atoms with E-state index in [1.807, 2.05) is 0 Å². The van der Waals surface area contributed by atoms with E-state index in [1.165, 1.54) is 38.5 Å². The number of thioether (sulfide) groups is 1. The molecule has 0 aliphatic rings. The Labute approximate surface area is 89.2 Å². The van der Waals surface area contributed by atoms with Gasteiger partial charge in [-0.15, -0.1) is 5.10 Å². The highest BCUT2D eigenvalue weighted by Gasteiger charge is 1.96. The molecular formula is C9H18N4S. The van der Waals surface area contributed by atoms with E-state index in [0.29, 0.717) is 0 Å². The maximum absolute atomic E-state index is 3.81. The maximum Gasteiger partial charge on any atom is 0.206 e. The van der Waals surface area contributed by atoms with E-state index < -0.39 is 0 Å². The largest absolute Gasteiger partial charge is 0.234 e. The van der Waals surface area contributed by atoms with Gasteiger partial charge in [-0.3, -0.25) is 0 Å². The first-order valence-electron chi connectivity index (χ1n) is 5.30. The van der Waals surface area contributed by atoms with Crippen molar-refractivity contribution in [2.75, 3.05) is 5.75 Å². The van der Waals surface area contributed by atoms with E-state index >= 15 is 0 Å². The molecule has 1 aromatic rings. The SMILES string of the molecule is CCCCCCCCSc1nnn[nH]1. The third-order valence-corrected chi connectivity index (χ3v) is 3.00. The van der Waals surface area contributed by atoms with Crippen LogP contribution in [0.3, 0.4) is 0 Å². The number of rotatable bonds is 8. The maximum atomic E-state index is 3.81. The van der Waals surface area contributed by atoms with Gasteiger partial charge in [0.15, 0.2) is 0 Å². The summed E-state index contributed by atoms with van der Waals surface area (Å²) in [6.45, 7) is 2.24. The van der Waals surface area contributed by atoms with Gasteiger partial charge in [-0.1, -0.05) is 50.8 Å². The van der Waals surface area contributed by atoms with Crippen molar-refractivity contribution >= 4 is 11.8 Å². The Bertz CT molecular complexity index is 213. The Balaban J connectivity index is 1.85. The van der Waals surface area contributed by atoms with Crippen molar-refractivity contribution in [2.45, 2.75) is 50.6 Å². The fourth-order valence-electron chi connectivity index (χ4n) is 1.26. The minimum absolute atomic E-state index is 0.832. The number of H-pyrrole nitrogens is 1. The molecule has 1 aromatic heterocycles. The Morgan fingerprint density at radius 1 is 1.14 bits per heavy atom. The van der Waals surface area contributed by atoms with Crippen LogP contribution in [0.5, 0.6) is 0 Å². The summed E-state index contributed by atoms with van der Waals surface area (Å²) < 4.78 is 0. The second kappa shape index (κ2) is 7.79. The Hall–Kier alpha value is -0.580. The molecule has 1 heterocycles. The minimum Gasteiger partial charge on any atom is -0.234 e. The van der Waals surface area contributed by atoms with Crippen LogP contribution in [-0.4, -0.2) is 26.4 Å². The second-order valence-corrected chi connectivity index (χ2v) is 4.41. The number of aromatic nitrogens is 4. The van der Waals surface area contributed by atoms with E-state index in [1.54, 1.807) is 11.8 Å². The highest BCUT2D eigenvalue weighted by molar-refractivity contribution is 7.99. The van der Waals surface area contributed by atoms with Gasteiger partial charge in [0.1, 0.15) is 0 Å². The molecule has 0 radical (unpaired) electrons. The fourth-order valence-corrected chi connectivity index (χ4v) is 2.00. The number of hydrogen-bond donors (Lipinski definition) is 1. The summed E-state index contributed by atoms with van der Waals surface area (Å²) in [5.74, 6) is 1.11. The lowest BCUT2D eigenvalue weighted by Crippen LogP contribution is -1.83. The summed E-state index contributed by atoms with van der Waals surface area (Å²) >= 11 is 1.70. The zero-order valence-electron chi connectivity index (χ0n) is 8.70. The van der Waals surface area contributed by atoms with Crippen LogP contribution in [0.4, 0.5) is 0 Å². The monoisotopic (exact) mass is 214 g/mol. The van der Waals surface area contributed by atoms with E-state index in [0.717, 1.165) is 10.9 Å². The molecule has 80 valence electrons. The quantitative estimate of drug-likeness (QED) is 0.534. The number of nitrogens with one attached hydrogen (secondary N) is 1. The van der Waals surface area contributed by atoms with Crippen molar-refractivity contribution in [3.05, 3.63) is 0 Å². The lowest BCUT2D eigenvalue weighted by Gasteiger charge is -1.98. The molecule has 0 amide bonds. The number of unbranched alkanes of at least 4 members (excludes halogenated alkanes) is 5. The van der Waals surface area contributed by atoms with Gasteiger partial charge in [0.25, 0.3) is 0 Å². The zero-order valence-corrected chi connectivity index (χ0v) is 9.52. The van der Waals surface area contributed by atoms with Crippen LogP contribution >= 0.6 is 11.8 Å². The number of nitrogens with zero attached hydrogens (tertiary/aromatic N) is 3. The molecule has 0 aliphatic carbocycles. The van der Waals surface area contributed by atoms with Crippen molar-refractivity contribution < 1.29 is 0 Å². The molecule has 0 fully saturated rings. The highest BCUT2D eigenvalue weighted by atomic mass is 32.2. The van der Waals surface area contributed by atoms with Crippen LogP contribution in [-0.2, 0) is 0 Å². The molecule has 0 bridgehead atoms. The molecule has 4 nitrogen and oxygen atoms in total. The van der Waals surface area contributed by atoms with Crippen LogP contribution in [0.2, 0.25) is 0 Å². The molecule has 0 atom stereocenters. The molecule has 0 aromatic carbocycles. The van der Waals surface area contributed by atoms with Crippen molar-refractivity contribution in [2.24, 2.45) is 0 Å². The van der Waals surface area contributed by atoms with Crippen molar-refractivity contribution in [1.29, 1.82) is 0 Å². The summed E-state index contributed by atoms with van der Waals surface area (Å²) in [6, 6.07) is 0. The van der Waals surface area contributed by atoms with E-state index in [4.69, 9.17) is 0 Å². The average Bonchev–Trinajstić information content (AvgIpc) is 2.69. The normalized spacial score (nSPS) is 10.6. The van der Waals surface area contributed by atoms with Gasteiger partial charge in [0, 0.05) is 5.75 Å². The van der Waals surface area contributed by atoms with E-state index in [2.05, 4.69) is 27.5 Å². The van der Waals surface area contributed by atoms with Crippen LogP contribution < -0.4 is 0 Å². The fraction of sp³-hybridized carbons (Fsp3) is 0.889. The number of hydrogen-bond acceptors (Lipinski definition) is 4. The van der Waals surface area contributed by atoms with Gasteiger partial charge in [0.2, 0.25) is 5.16 Å². The molecule has 1 N–H and O–H groups in total. The highest BCUT2D eigenvalue weighted by Crippen LogP contribution is 2.14. The zero-order chi connectivity index (χ0) is 10.1. The number of aromatic amines is 1. The topological polar surface area (TPSA) is 54.5 Å². The predicted octanol–water partition coefficient (Wildman–Crippen LogP) is 2.65. The molecule has 0 saturated carbocycles. The van der Waals surface area contributed by atoms with Crippen molar-refractivity contribution in [3.8, 4) is 0 Å². The first-order valence-corrected chi connectivity index (χ1v) is 6.28. The third kappa shape index (κ3) is 5.21. The molecule has 0 spiro atoms. The van der Waals surface area contributed by atoms with Gasteiger partial charge in [-0.2, -0.15) is 0 Å². The first kappa shape index (κ1) is 11.5. The summed E-state index contributed by atoms with van der Waals surface area (Å²) in [4.78, 5) is 0. The van der Waals surface area contributed by atoms with Gasteiger partial charge < -0.3 is 0 Å². The Morgan fingerprint density at radius 3 is 2.64 bits per heavy atom. The molecule has 0 saturated heterocycles. The Morgan fingerprint density at radius 2 is 1.93 bits per heavy atom. The smallest absolute Gasteiger partial charge is 0.206 e. The molecule has 14 heavy (non-hydrogen) atoms. The lowest BCUT2D eigenvalue weighted by molar-refractivity contribution is 0.627. The van der Waals surface area contributed by atoms with Crippen molar-refractivity contribution in [1.82, 2.24) is 20.6 Å². The standard InChI is InChI=1S/C9H18N4S/c1-2-3-4-5-6-7-8-14-9-10-12-13-11-9/h2-8H2,1H3,(H,10,11,12,13). The van der Waals surface area contributed by atoms with E-state index in [-0.39, 0.29) is 0 Å². The van der Waals surface area contributed by atoms with Gasteiger partial charge in [0.05, 0.1) is 0 Å².